The third kappa shape index (κ3) is 7.12. The van der Waals surface area contributed by atoms with E-state index in [4.69, 9.17) is 0 Å². The van der Waals surface area contributed by atoms with E-state index in [1.807, 2.05) is 7.05 Å². The van der Waals surface area contributed by atoms with Gasteiger partial charge >= 0.3 is 0 Å². The zero-order valence-electron chi connectivity index (χ0n) is 14.3. The fraction of sp³-hybridized carbons (Fsp3) is 0.611. The first-order valence-electron chi connectivity index (χ1n) is 8.68. The van der Waals surface area contributed by atoms with Gasteiger partial charge in [-0.3, -0.25) is 14.6 Å². The molecule has 2 rings (SSSR count). The number of piperazine rings is 1. The molecule has 1 aliphatic heterocycles. The highest BCUT2D eigenvalue weighted by Crippen LogP contribution is 2.07. The standard InChI is InChI=1S/C18H30N4O/c1-19-9-5-8-18(23)20-10-11-21-12-14-22(15-13-21)16-17-6-3-2-4-7-17/h2-4,6-7,19H,5,8-16H2,1H3,(H,20,23). The molecular formula is C18H30N4O. The zero-order valence-corrected chi connectivity index (χ0v) is 14.3. The van der Waals surface area contributed by atoms with Gasteiger partial charge in [0.15, 0.2) is 0 Å². The smallest absolute Gasteiger partial charge is 0.220 e. The Hall–Kier alpha value is -1.43. The molecule has 1 aliphatic rings. The monoisotopic (exact) mass is 318 g/mol. The molecule has 5 nitrogen and oxygen atoms in total. The summed E-state index contributed by atoms with van der Waals surface area (Å²) in [6.07, 6.45) is 1.52. The lowest BCUT2D eigenvalue weighted by atomic mass is 10.2. The minimum Gasteiger partial charge on any atom is -0.355 e. The average molecular weight is 318 g/mol. The van der Waals surface area contributed by atoms with Crippen molar-refractivity contribution < 1.29 is 4.79 Å². The molecule has 23 heavy (non-hydrogen) atoms. The van der Waals surface area contributed by atoms with Crippen LogP contribution in [0.25, 0.3) is 0 Å². The molecule has 1 heterocycles. The molecule has 0 atom stereocenters. The number of carbonyl (C=O) groups is 1. The zero-order chi connectivity index (χ0) is 16.3. The Balaban J connectivity index is 1.55. The van der Waals surface area contributed by atoms with Crippen molar-refractivity contribution in [1.29, 1.82) is 0 Å². The number of nitrogens with zero attached hydrogens (tertiary/aromatic N) is 2. The molecule has 0 aromatic heterocycles. The van der Waals surface area contributed by atoms with Gasteiger partial charge < -0.3 is 10.6 Å². The van der Waals surface area contributed by atoms with Crippen molar-refractivity contribution in [3.05, 3.63) is 35.9 Å². The maximum atomic E-state index is 11.6. The van der Waals surface area contributed by atoms with Crippen LogP contribution < -0.4 is 10.6 Å². The van der Waals surface area contributed by atoms with Crippen molar-refractivity contribution in [2.45, 2.75) is 19.4 Å². The van der Waals surface area contributed by atoms with Crippen LogP contribution in [0.4, 0.5) is 0 Å². The highest BCUT2D eigenvalue weighted by Gasteiger charge is 2.16. The minimum atomic E-state index is 0.169. The van der Waals surface area contributed by atoms with Crippen molar-refractivity contribution in [3.8, 4) is 0 Å². The van der Waals surface area contributed by atoms with Crippen molar-refractivity contribution in [2.24, 2.45) is 0 Å². The minimum absolute atomic E-state index is 0.169. The van der Waals surface area contributed by atoms with Crippen molar-refractivity contribution in [1.82, 2.24) is 20.4 Å². The Morgan fingerprint density at radius 3 is 2.43 bits per heavy atom. The summed E-state index contributed by atoms with van der Waals surface area (Å²) in [7, 11) is 1.91. The van der Waals surface area contributed by atoms with Crippen LogP contribution in [0.3, 0.4) is 0 Å². The number of benzene rings is 1. The first kappa shape index (κ1) is 17.9. The quantitative estimate of drug-likeness (QED) is 0.665. The third-order valence-electron chi connectivity index (χ3n) is 4.29. The molecule has 0 aliphatic carbocycles. The van der Waals surface area contributed by atoms with Crippen LogP contribution in [0.2, 0.25) is 0 Å². The predicted molar refractivity (Wildman–Crippen MR) is 94.3 cm³/mol. The maximum Gasteiger partial charge on any atom is 0.220 e. The number of hydrogen-bond acceptors (Lipinski definition) is 4. The van der Waals surface area contributed by atoms with Crippen LogP contribution in [0.1, 0.15) is 18.4 Å². The second kappa shape index (κ2) is 10.4. The number of amides is 1. The van der Waals surface area contributed by atoms with Crippen LogP contribution in [0.5, 0.6) is 0 Å². The van der Waals surface area contributed by atoms with Gasteiger partial charge in [0.2, 0.25) is 5.91 Å². The molecule has 1 saturated heterocycles. The SMILES string of the molecule is CNCCCC(=O)NCCN1CCN(Cc2ccccc2)CC1. The Kier molecular flexibility index (Phi) is 8.07. The summed E-state index contributed by atoms with van der Waals surface area (Å²) in [5.74, 6) is 0.169. The van der Waals surface area contributed by atoms with Crippen LogP contribution in [-0.4, -0.2) is 68.6 Å². The summed E-state index contributed by atoms with van der Waals surface area (Å²) in [5, 5.41) is 6.08. The molecule has 0 radical (unpaired) electrons. The Morgan fingerprint density at radius 2 is 1.74 bits per heavy atom. The van der Waals surface area contributed by atoms with Gasteiger partial charge in [-0.05, 0) is 25.6 Å². The van der Waals surface area contributed by atoms with Gasteiger partial charge in [0, 0.05) is 52.2 Å². The molecule has 0 unspecified atom stereocenters. The Labute approximate surface area is 140 Å². The number of carbonyl (C=O) groups excluding carboxylic acids is 1. The van der Waals surface area contributed by atoms with Gasteiger partial charge in [0.1, 0.15) is 0 Å². The van der Waals surface area contributed by atoms with Crippen LogP contribution in [0, 0.1) is 0 Å². The molecule has 0 bridgehead atoms. The number of rotatable bonds is 9. The summed E-state index contributed by atoms with van der Waals surface area (Å²) in [5.41, 5.74) is 1.38. The van der Waals surface area contributed by atoms with Gasteiger partial charge in [0.05, 0.1) is 0 Å². The predicted octanol–water partition coefficient (Wildman–Crippen LogP) is 0.920. The summed E-state index contributed by atoms with van der Waals surface area (Å²) in [6.45, 7) is 8.03. The number of hydrogen-bond donors (Lipinski definition) is 2. The Bertz CT molecular complexity index is 444. The maximum absolute atomic E-state index is 11.6. The van der Waals surface area contributed by atoms with Crippen LogP contribution in [-0.2, 0) is 11.3 Å². The van der Waals surface area contributed by atoms with E-state index >= 15 is 0 Å². The van der Waals surface area contributed by atoms with E-state index in [9.17, 15) is 4.79 Å². The van der Waals surface area contributed by atoms with Crippen LogP contribution in [0.15, 0.2) is 30.3 Å². The lowest BCUT2D eigenvalue weighted by Crippen LogP contribution is -2.48. The molecule has 128 valence electrons. The second-order valence-corrected chi connectivity index (χ2v) is 6.16. The summed E-state index contributed by atoms with van der Waals surface area (Å²) in [6, 6.07) is 10.6. The van der Waals surface area contributed by atoms with Crippen molar-refractivity contribution >= 4 is 5.91 Å². The fourth-order valence-electron chi connectivity index (χ4n) is 2.88. The van der Waals surface area contributed by atoms with Crippen LogP contribution >= 0.6 is 0 Å². The molecule has 2 N–H and O–H groups in total. The third-order valence-corrected chi connectivity index (χ3v) is 4.29. The average Bonchev–Trinajstić information content (AvgIpc) is 2.58. The molecular weight excluding hydrogens is 288 g/mol. The van der Waals surface area contributed by atoms with Crippen molar-refractivity contribution in [3.63, 3.8) is 0 Å². The van der Waals surface area contributed by atoms with E-state index in [1.54, 1.807) is 0 Å². The van der Waals surface area contributed by atoms with E-state index in [-0.39, 0.29) is 5.91 Å². The molecule has 0 saturated carbocycles. The van der Waals surface area contributed by atoms with Crippen molar-refractivity contribution in [2.75, 3.05) is 52.9 Å². The first-order chi connectivity index (χ1) is 11.3. The molecule has 5 heteroatoms. The van der Waals surface area contributed by atoms with Gasteiger partial charge in [0.25, 0.3) is 0 Å². The molecule has 1 fully saturated rings. The summed E-state index contributed by atoms with van der Waals surface area (Å²) >= 11 is 0. The van der Waals surface area contributed by atoms with E-state index in [0.29, 0.717) is 6.42 Å². The van der Waals surface area contributed by atoms with E-state index < -0.39 is 0 Å². The highest BCUT2D eigenvalue weighted by atomic mass is 16.1. The summed E-state index contributed by atoms with van der Waals surface area (Å²) < 4.78 is 0. The molecule has 1 aromatic rings. The second-order valence-electron chi connectivity index (χ2n) is 6.16. The van der Waals surface area contributed by atoms with E-state index in [0.717, 1.165) is 58.8 Å². The van der Waals surface area contributed by atoms with E-state index in [1.165, 1.54) is 5.56 Å². The molecule has 0 spiro atoms. The normalized spacial score (nSPS) is 16.4. The lowest BCUT2D eigenvalue weighted by Gasteiger charge is -2.34. The fourth-order valence-corrected chi connectivity index (χ4v) is 2.88. The number of nitrogens with one attached hydrogen (secondary N) is 2. The van der Waals surface area contributed by atoms with E-state index in [2.05, 4.69) is 50.8 Å². The van der Waals surface area contributed by atoms with Gasteiger partial charge in [-0.2, -0.15) is 0 Å². The topological polar surface area (TPSA) is 47.6 Å². The highest BCUT2D eigenvalue weighted by molar-refractivity contribution is 5.75. The largest absolute Gasteiger partial charge is 0.355 e. The summed E-state index contributed by atoms with van der Waals surface area (Å²) in [4.78, 5) is 16.6. The molecule has 1 amide bonds. The van der Waals surface area contributed by atoms with Gasteiger partial charge in [-0.25, -0.2) is 0 Å². The van der Waals surface area contributed by atoms with Gasteiger partial charge in [-0.15, -0.1) is 0 Å². The molecule has 1 aromatic carbocycles. The lowest BCUT2D eigenvalue weighted by molar-refractivity contribution is -0.121. The van der Waals surface area contributed by atoms with Gasteiger partial charge in [-0.1, -0.05) is 30.3 Å². The Morgan fingerprint density at radius 1 is 1.04 bits per heavy atom. The first-order valence-corrected chi connectivity index (χ1v) is 8.68.